The lowest BCUT2D eigenvalue weighted by Crippen LogP contribution is -2.24. The molecule has 3 rings (SSSR count). The van der Waals surface area contributed by atoms with E-state index in [2.05, 4.69) is 15.5 Å². The number of amides is 1. The van der Waals surface area contributed by atoms with E-state index >= 15 is 0 Å². The van der Waals surface area contributed by atoms with Crippen molar-refractivity contribution >= 4 is 23.1 Å². The molecule has 1 heterocycles. The number of rotatable bonds is 5. The van der Waals surface area contributed by atoms with Crippen LogP contribution in [0.3, 0.4) is 0 Å². The van der Waals surface area contributed by atoms with E-state index in [-0.39, 0.29) is 6.61 Å². The Labute approximate surface area is 134 Å². The van der Waals surface area contributed by atoms with Crippen LogP contribution in [0.15, 0.2) is 60.8 Å². The Morgan fingerprint density at radius 3 is 2.96 bits per heavy atom. The van der Waals surface area contributed by atoms with Crippen molar-refractivity contribution in [3.05, 3.63) is 71.9 Å². The maximum absolute atomic E-state index is 11.6. The van der Waals surface area contributed by atoms with Crippen LogP contribution in [0, 0.1) is 0 Å². The van der Waals surface area contributed by atoms with E-state index in [1.54, 1.807) is 6.20 Å². The summed E-state index contributed by atoms with van der Waals surface area (Å²) in [6.45, 7) is 0.685. The Balaban J connectivity index is 1.44. The molecular weight excluding hydrogens is 290 g/mol. The van der Waals surface area contributed by atoms with Crippen molar-refractivity contribution in [3.8, 4) is 0 Å². The molecule has 5 nitrogen and oxygen atoms in total. The average molecular weight is 307 g/mol. The van der Waals surface area contributed by atoms with Crippen molar-refractivity contribution < 1.29 is 9.53 Å². The van der Waals surface area contributed by atoms with Crippen molar-refractivity contribution in [2.45, 2.75) is 6.61 Å². The topological polar surface area (TPSA) is 67.0 Å². The number of hydrogen-bond acceptors (Lipinski definition) is 3. The molecule has 0 bridgehead atoms. The largest absolute Gasteiger partial charge is 0.445 e. The van der Waals surface area contributed by atoms with Crippen LogP contribution in [0.1, 0.15) is 11.1 Å². The Bertz CT molecular complexity index is 809. The molecular formula is C18H17N3O2. The third-order valence-corrected chi connectivity index (χ3v) is 3.35. The van der Waals surface area contributed by atoms with Gasteiger partial charge in [0.15, 0.2) is 0 Å². The molecule has 1 amide bonds. The van der Waals surface area contributed by atoms with Gasteiger partial charge in [-0.15, -0.1) is 0 Å². The van der Waals surface area contributed by atoms with Gasteiger partial charge in [-0.3, -0.25) is 5.10 Å². The molecule has 1 aromatic heterocycles. The Hall–Kier alpha value is -3.08. The fraction of sp³-hybridized carbons (Fsp3) is 0.111. The van der Waals surface area contributed by atoms with Crippen LogP contribution in [0.4, 0.5) is 4.79 Å². The molecule has 23 heavy (non-hydrogen) atoms. The molecule has 5 heteroatoms. The number of carbonyl (C=O) groups excluding carboxylic acids is 1. The van der Waals surface area contributed by atoms with Crippen molar-refractivity contribution in [3.63, 3.8) is 0 Å². The van der Waals surface area contributed by atoms with Crippen molar-refractivity contribution in [2.75, 3.05) is 6.54 Å². The van der Waals surface area contributed by atoms with E-state index < -0.39 is 6.09 Å². The van der Waals surface area contributed by atoms with E-state index in [0.717, 1.165) is 22.0 Å². The molecule has 2 aromatic carbocycles. The number of nitrogens with zero attached hydrogens (tertiary/aromatic N) is 1. The maximum Gasteiger partial charge on any atom is 0.407 e. The van der Waals surface area contributed by atoms with Gasteiger partial charge in [-0.25, -0.2) is 4.79 Å². The first-order valence-corrected chi connectivity index (χ1v) is 7.35. The van der Waals surface area contributed by atoms with Crippen LogP contribution in [0.25, 0.3) is 17.0 Å². The summed E-state index contributed by atoms with van der Waals surface area (Å²) >= 11 is 0. The van der Waals surface area contributed by atoms with E-state index in [0.29, 0.717) is 6.54 Å². The summed E-state index contributed by atoms with van der Waals surface area (Å²) in [7, 11) is 0. The minimum absolute atomic E-state index is 0.271. The van der Waals surface area contributed by atoms with Gasteiger partial charge >= 0.3 is 6.09 Å². The predicted molar refractivity (Wildman–Crippen MR) is 89.8 cm³/mol. The number of aromatic amines is 1. The van der Waals surface area contributed by atoms with Gasteiger partial charge in [0.2, 0.25) is 0 Å². The number of ether oxygens (including phenoxy) is 1. The first-order valence-electron chi connectivity index (χ1n) is 7.35. The average Bonchev–Trinajstić information content (AvgIpc) is 3.05. The molecule has 0 aliphatic rings. The summed E-state index contributed by atoms with van der Waals surface area (Å²) in [6, 6.07) is 15.6. The SMILES string of the molecule is O=C(NCC=Cc1ccc2[nH]ncc2c1)OCc1ccccc1. The lowest BCUT2D eigenvalue weighted by atomic mass is 10.1. The number of hydrogen-bond donors (Lipinski definition) is 2. The number of aromatic nitrogens is 2. The fourth-order valence-electron chi connectivity index (χ4n) is 2.18. The van der Waals surface area contributed by atoms with E-state index in [4.69, 9.17) is 4.74 Å². The monoisotopic (exact) mass is 307 g/mol. The Morgan fingerprint density at radius 2 is 2.09 bits per heavy atom. The number of alkyl carbamates (subject to hydrolysis) is 1. The van der Waals surface area contributed by atoms with Crippen molar-refractivity contribution in [2.24, 2.45) is 0 Å². The van der Waals surface area contributed by atoms with Gasteiger partial charge < -0.3 is 10.1 Å². The van der Waals surface area contributed by atoms with Crippen molar-refractivity contribution in [1.29, 1.82) is 0 Å². The molecule has 0 fully saturated rings. The van der Waals surface area contributed by atoms with Gasteiger partial charge in [0, 0.05) is 11.9 Å². The number of carbonyl (C=O) groups is 1. The van der Waals surface area contributed by atoms with Crippen LogP contribution in [-0.2, 0) is 11.3 Å². The van der Waals surface area contributed by atoms with Gasteiger partial charge in [0.1, 0.15) is 6.61 Å². The molecule has 0 radical (unpaired) electrons. The van der Waals surface area contributed by atoms with Crippen LogP contribution in [-0.4, -0.2) is 22.8 Å². The highest BCUT2D eigenvalue weighted by Crippen LogP contribution is 2.13. The van der Waals surface area contributed by atoms with Crippen molar-refractivity contribution in [1.82, 2.24) is 15.5 Å². The first-order chi connectivity index (χ1) is 11.3. The van der Waals surface area contributed by atoms with Crippen LogP contribution in [0.5, 0.6) is 0 Å². The quantitative estimate of drug-likeness (QED) is 0.758. The zero-order valence-electron chi connectivity index (χ0n) is 12.5. The van der Waals surface area contributed by atoms with Crippen LogP contribution >= 0.6 is 0 Å². The molecule has 0 atom stereocenters. The number of H-pyrrole nitrogens is 1. The number of fused-ring (bicyclic) bond motifs is 1. The molecule has 0 aliphatic carbocycles. The molecule has 3 aromatic rings. The van der Waals surface area contributed by atoms with Crippen LogP contribution in [0.2, 0.25) is 0 Å². The fourth-order valence-corrected chi connectivity index (χ4v) is 2.18. The highest BCUT2D eigenvalue weighted by molar-refractivity contribution is 5.80. The highest BCUT2D eigenvalue weighted by Gasteiger charge is 2.00. The summed E-state index contributed by atoms with van der Waals surface area (Å²) in [5, 5.41) is 10.6. The minimum Gasteiger partial charge on any atom is -0.445 e. The zero-order valence-corrected chi connectivity index (χ0v) is 12.5. The van der Waals surface area contributed by atoms with E-state index in [1.807, 2.05) is 60.7 Å². The predicted octanol–water partition coefficient (Wildman–Crippen LogP) is 3.50. The second kappa shape index (κ2) is 7.26. The second-order valence-electron chi connectivity index (χ2n) is 5.06. The van der Waals surface area contributed by atoms with Crippen LogP contribution < -0.4 is 5.32 Å². The lowest BCUT2D eigenvalue weighted by molar-refractivity contribution is 0.141. The Morgan fingerprint density at radius 1 is 1.22 bits per heavy atom. The smallest absolute Gasteiger partial charge is 0.407 e. The van der Waals surface area contributed by atoms with E-state index in [1.165, 1.54) is 0 Å². The molecule has 116 valence electrons. The summed E-state index contributed by atoms with van der Waals surface area (Å²) < 4.78 is 5.13. The lowest BCUT2D eigenvalue weighted by Gasteiger charge is -2.05. The van der Waals surface area contributed by atoms with Gasteiger partial charge in [0.25, 0.3) is 0 Å². The third kappa shape index (κ3) is 4.20. The van der Waals surface area contributed by atoms with Gasteiger partial charge in [-0.2, -0.15) is 5.10 Å². The molecule has 0 saturated carbocycles. The first kappa shape index (κ1) is 14.8. The molecule has 0 aliphatic heterocycles. The molecule has 2 N–H and O–H groups in total. The summed E-state index contributed by atoms with van der Waals surface area (Å²) in [5.41, 5.74) is 3.02. The van der Waals surface area contributed by atoms with Gasteiger partial charge in [-0.1, -0.05) is 48.6 Å². The number of benzene rings is 2. The molecule has 0 spiro atoms. The number of nitrogens with one attached hydrogen (secondary N) is 2. The van der Waals surface area contributed by atoms with E-state index in [9.17, 15) is 4.79 Å². The normalized spacial score (nSPS) is 11.0. The summed E-state index contributed by atoms with van der Waals surface area (Å²) in [4.78, 5) is 11.6. The zero-order chi connectivity index (χ0) is 15.9. The molecule has 0 unspecified atom stereocenters. The van der Waals surface area contributed by atoms with Gasteiger partial charge in [-0.05, 0) is 23.3 Å². The summed E-state index contributed by atoms with van der Waals surface area (Å²) in [5.74, 6) is 0. The molecule has 0 saturated heterocycles. The highest BCUT2D eigenvalue weighted by atomic mass is 16.5. The minimum atomic E-state index is -0.427. The summed E-state index contributed by atoms with van der Waals surface area (Å²) in [6.07, 6.45) is 5.18. The second-order valence-corrected chi connectivity index (χ2v) is 5.06. The maximum atomic E-state index is 11.6. The van der Waals surface area contributed by atoms with Gasteiger partial charge in [0.05, 0.1) is 11.7 Å². The Kier molecular flexibility index (Phi) is 4.69. The standard InChI is InChI=1S/C18H17N3O2/c22-18(23-13-15-5-2-1-3-6-15)19-10-4-7-14-8-9-17-16(11-14)12-20-21-17/h1-9,11-12H,10,13H2,(H,19,22)(H,20,21). The third-order valence-electron chi connectivity index (χ3n) is 3.35.